The molecule has 3 N–H and O–H groups in total. The van der Waals surface area contributed by atoms with E-state index in [0.29, 0.717) is 31.0 Å². The molecule has 2 rings (SSSR count). The summed E-state index contributed by atoms with van der Waals surface area (Å²) in [6, 6.07) is 1.91. The number of hydrogen-bond acceptors (Lipinski definition) is 2. The maximum atomic E-state index is 13.5. The molecule has 1 aliphatic rings. The Morgan fingerprint density at radius 1 is 1.35 bits per heavy atom. The van der Waals surface area contributed by atoms with Gasteiger partial charge in [0.1, 0.15) is 5.82 Å². The smallest absolute Gasteiger partial charge is 0.329 e. The fourth-order valence-corrected chi connectivity index (χ4v) is 2.18. The van der Waals surface area contributed by atoms with Crippen molar-refractivity contribution in [1.82, 2.24) is 0 Å². The van der Waals surface area contributed by atoms with E-state index in [9.17, 15) is 22.4 Å². The molecule has 1 aromatic carbocycles. The number of nitrogens with two attached hydrogens (primary N) is 1. The van der Waals surface area contributed by atoms with Crippen molar-refractivity contribution in [3.8, 4) is 0 Å². The van der Waals surface area contributed by atoms with Crippen molar-refractivity contribution in [2.75, 3.05) is 11.9 Å². The van der Waals surface area contributed by atoms with E-state index >= 15 is 0 Å². The third-order valence-corrected chi connectivity index (χ3v) is 3.72. The summed E-state index contributed by atoms with van der Waals surface area (Å²) in [6.07, 6.45) is -2.63. The van der Waals surface area contributed by atoms with Crippen LogP contribution in [0, 0.1) is 11.2 Å². The molecule has 0 unspecified atom stereocenters. The summed E-state index contributed by atoms with van der Waals surface area (Å²) < 4.78 is 51.2. The number of hydrogen-bond donors (Lipinski definition) is 2. The number of nitrogens with one attached hydrogen (secondary N) is 1. The molecule has 0 spiro atoms. The highest BCUT2D eigenvalue weighted by molar-refractivity contribution is 5.96. The summed E-state index contributed by atoms with van der Waals surface area (Å²) in [5.74, 6) is -1.43. The van der Waals surface area contributed by atoms with Crippen molar-refractivity contribution in [2.45, 2.75) is 25.4 Å². The molecule has 1 fully saturated rings. The average Bonchev–Trinajstić information content (AvgIpc) is 2.29. The molecule has 1 aliphatic carbocycles. The summed E-state index contributed by atoms with van der Waals surface area (Å²) in [5, 5.41) is 2.22. The number of alkyl halides is 3. The lowest BCUT2D eigenvalue weighted by Crippen LogP contribution is -2.47. The molecule has 1 saturated carbocycles. The maximum Gasteiger partial charge on any atom is 0.416 e. The Labute approximate surface area is 113 Å². The van der Waals surface area contributed by atoms with Crippen LogP contribution in [-0.4, -0.2) is 12.5 Å². The lowest BCUT2D eigenvalue weighted by molar-refractivity contribution is -0.137. The van der Waals surface area contributed by atoms with Gasteiger partial charge in [-0.3, -0.25) is 4.79 Å². The minimum Gasteiger partial charge on any atom is -0.329 e. The molecule has 110 valence electrons. The molecule has 3 nitrogen and oxygen atoms in total. The molecule has 0 radical (unpaired) electrons. The Morgan fingerprint density at radius 2 is 2.00 bits per heavy atom. The maximum absolute atomic E-state index is 13.5. The number of amides is 1. The van der Waals surface area contributed by atoms with Crippen molar-refractivity contribution in [3.63, 3.8) is 0 Å². The number of benzene rings is 1. The first kappa shape index (κ1) is 14.8. The molecule has 7 heteroatoms. The third-order valence-electron chi connectivity index (χ3n) is 3.72. The van der Waals surface area contributed by atoms with Gasteiger partial charge in [-0.15, -0.1) is 0 Å². The van der Waals surface area contributed by atoms with Crippen LogP contribution in [0.1, 0.15) is 24.8 Å². The van der Waals surface area contributed by atoms with E-state index in [4.69, 9.17) is 5.73 Å². The van der Waals surface area contributed by atoms with E-state index in [0.717, 1.165) is 6.42 Å². The Hall–Kier alpha value is -1.63. The van der Waals surface area contributed by atoms with Gasteiger partial charge in [0.25, 0.3) is 0 Å². The van der Waals surface area contributed by atoms with Crippen molar-refractivity contribution in [2.24, 2.45) is 11.1 Å². The van der Waals surface area contributed by atoms with E-state index in [-0.39, 0.29) is 6.54 Å². The molecular weight excluding hydrogens is 276 g/mol. The highest BCUT2D eigenvalue weighted by atomic mass is 19.4. The minimum atomic E-state index is -4.59. The number of halogens is 4. The molecule has 0 heterocycles. The van der Waals surface area contributed by atoms with Crippen LogP contribution in [-0.2, 0) is 11.0 Å². The van der Waals surface area contributed by atoms with Gasteiger partial charge in [-0.25, -0.2) is 4.39 Å². The van der Waals surface area contributed by atoms with Crippen LogP contribution in [0.4, 0.5) is 23.2 Å². The van der Waals surface area contributed by atoms with Gasteiger partial charge in [-0.2, -0.15) is 13.2 Å². The van der Waals surface area contributed by atoms with Gasteiger partial charge in [0.05, 0.1) is 16.7 Å². The van der Waals surface area contributed by atoms with E-state index in [2.05, 4.69) is 5.32 Å². The van der Waals surface area contributed by atoms with E-state index in [1.165, 1.54) is 0 Å². The molecule has 0 bridgehead atoms. The monoisotopic (exact) mass is 290 g/mol. The van der Waals surface area contributed by atoms with Gasteiger partial charge in [0.2, 0.25) is 5.91 Å². The number of carbonyl (C=O) groups excluding carboxylic acids is 1. The highest BCUT2D eigenvalue weighted by Gasteiger charge is 2.43. The Balaban J connectivity index is 2.23. The normalized spacial score (nSPS) is 17.4. The van der Waals surface area contributed by atoms with Gasteiger partial charge in [-0.1, -0.05) is 6.42 Å². The van der Waals surface area contributed by atoms with E-state index < -0.39 is 34.6 Å². The van der Waals surface area contributed by atoms with Crippen LogP contribution in [0.25, 0.3) is 0 Å². The first-order valence-electron chi connectivity index (χ1n) is 6.17. The SMILES string of the molecule is NCC1(C(=O)Nc2cc(C(F)(F)F)ccc2F)CCC1. The van der Waals surface area contributed by atoms with Gasteiger partial charge >= 0.3 is 6.18 Å². The number of rotatable bonds is 3. The van der Waals surface area contributed by atoms with Crippen molar-refractivity contribution >= 4 is 11.6 Å². The molecular formula is C13H14F4N2O. The lowest BCUT2D eigenvalue weighted by atomic mass is 9.68. The van der Waals surface area contributed by atoms with Gasteiger partial charge in [-0.05, 0) is 31.0 Å². The van der Waals surface area contributed by atoms with Gasteiger partial charge in [0.15, 0.2) is 0 Å². The van der Waals surface area contributed by atoms with Crippen LogP contribution < -0.4 is 11.1 Å². The minimum absolute atomic E-state index is 0.0966. The molecule has 0 atom stereocenters. The van der Waals surface area contributed by atoms with Crippen LogP contribution in [0.15, 0.2) is 18.2 Å². The third kappa shape index (κ3) is 2.63. The fourth-order valence-electron chi connectivity index (χ4n) is 2.18. The standard InChI is InChI=1S/C13H14F4N2O/c14-9-3-2-8(13(15,16)17)6-10(9)19-11(20)12(7-18)4-1-5-12/h2-3,6H,1,4-5,7,18H2,(H,19,20). The Morgan fingerprint density at radius 3 is 2.45 bits per heavy atom. The summed E-state index contributed by atoms with van der Waals surface area (Å²) in [4.78, 5) is 12.0. The van der Waals surface area contributed by atoms with E-state index in [1.807, 2.05) is 0 Å². The second-order valence-corrected chi connectivity index (χ2v) is 4.98. The zero-order chi connectivity index (χ0) is 15.0. The predicted molar refractivity (Wildman–Crippen MR) is 65.4 cm³/mol. The van der Waals surface area contributed by atoms with Crippen molar-refractivity contribution < 1.29 is 22.4 Å². The quantitative estimate of drug-likeness (QED) is 0.841. The zero-order valence-electron chi connectivity index (χ0n) is 10.6. The summed E-state index contributed by atoms with van der Waals surface area (Å²) in [7, 11) is 0. The molecule has 0 aromatic heterocycles. The summed E-state index contributed by atoms with van der Waals surface area (Å²) in [6.45, 7) is 0.0966. The summed E-state index contributed by atoms with van der Waals surface area (Å²) >= 11 is 0. The Bertz CT molecular complexity index is 518. The molecule has 20 heavy (non-hydrogen) atoms. The topological polar surface area (TPSA) is 55.1 Å². The highest BCUT2D eigenvalue weighted by Crippen LogP contribution is 2.41. The molecule has 1 amide bonds. The van der Waals surface area contributed by atoms with Gasteiger partial charge < -0.3 is 11.1 Å². The molecule has 1 aromatic rings. The summed E-state index contributed by atoms with van der Waals surface area (Å²) in [5.41, 5.74) is 3.27. The molecule has 0 saturated heterocycles. The second-order valence-electron chi connectivity index (χ2n) is 4.98. The lowest BCUT2D eigenvalue weighted by Gasteiger charge is -2.39. The van der Waals surface area contributed by atoms with Crippen molar-refractivity contribution in [1.29, 1.82) is 0 Å². The Kier molecular flexibility index (Phi) is 3.73. The zero-order valence-corrected chi connectivity index (χ0v) is 10.6. The van der Waals surface area contributed by atoms with Crippen LogP contribution in [0.5, 0.6) is 0 Å². The van der Waals surface area contributed by atoms with Crippen molar-refractivity contribution in [3.05, 3.63) is 29.6 Å². The van der Waals surface area contributed by atoms with Crippen LogP contribution in [0.2, 0.25) is 0 Å². The predicted octanol–water partition coefficient (Wildman–Crippen LogP) is 2.91. The van der Waals surface area contributed by atoms with Gasteiger partial charge in [0, 0.05) is 6.54 Å². The number of anilines is 1. The largest absolute Gasteiger partial charge is 0.416 e. The first-order valence-corrected chi connectivity index (χ1v) is 6.17. The van der Waals surface area contributed by atoms with E-state index in [1.54, 1.807) is 0 Å². The second kappa shape index (κ2) is 5.05. The average molecular weight is 290 g/mol. The van der Waals surface area contributed by atoms with Crippen LogP contribution in [0.3, 0.4) is 0 Å². The first-order chi connectivity index (χ1) is 9.28. The molecule has 0 aliphatic heterocycles. The van der Waals surface area contributed by atoms with Crippen LogP contribution >= 0.6 is 0 Å². The fraction of sp³-hybridized carbons (Fsp3) is 0.462. The number of carbonyl (C=O) groups is 1.